The SMILES string of the molecule is O=C(Cc1csc2nc(-c3ccccc3)cn12)NN=C1CCCC1. The molecule has 1 aliphatic carbocycles. The second-order valence-electron chi connectivity index (χ2n) is 5.97. The molecule has 0 unspecified atom stereocenters. The van der Waals surface area contributed by atoms with Crippen molar-refractivity contribution in [3.63, 3.8) is 0 Å². The summed E-state index contributed by atoms with van der Waals surface area (Å²) in [6, 6.07) is 10.1. The molecule has 0 radical (unpaired) electrons. The number of hydrazone groups is 1. The van der Waals surface area contributed by atoms with Crippen LogP contribution < -0.4 is 5.43 Å². The lowest BCUT2D eigenvalue weighted by atomic mass is 10.2. The molecule has 0 atom stereocenters. The molecule has 2 aromatic heterocycles. The highest BCUT2D eigenvalue weighted by Crippen LogP contribution is 2.23. The Morgan fingerprint density at radius 2 is 2.04 bits per heavy atom. The number of fused-ring (bicyclic) bond motifs is 1. The van der Waals surface area contributed by atoms with Gasteiger partial charge in [0, 0.05) is 28.5 Å². The van der Waals surface area contributed by atoms with E-state index in [9.17, 15) is 4.79 Å². The average molecular weight is 338 g/mol. The smallest absolute Gasteiger partial charge is 0.246 e. The van der Waals surface area contributed by atoms with Gasteiger partial charge in [0.2, 0.25) is 5.91 Å². The number of nitrogens with zero attached hydrogens (tertiary/aromatic N) is 3. The van der Waals surface area contributed by atoms with Gasteiger partial charge < -0.3 is 0 Å². The number of benzene rings is 1. The zero-order valence-corrected chi connectivity index (χ0v) is 14.1. The summed E-state index contributed by atoms with van der Waals surface area (Å²) < 4.78 is 2.00. The number of rotatable bonds is 4. The van der Waals surface area contributed by atoms with E-state index in [0.717, 1.165) is 40.5 Å². The third-order valence-corrected chi connectivity index (χ3v) is 5.10. The lowest BCUT2D eigenvalue weighted by Gasteiger charge is -2.01. The molecule has 4 rings (SSSR count). The maximum atomic E-state index is 12.1. The van der Waals surface area contributed by atoms with Crippen LogP contribution in [0.15, 0.2) is 47.0 Å². The van der Waals surface area contributed by atoms with Crippen LogP contribution in [-0.2, 0) is 11.2 Å². The summed E-state index contributed by atoms with van der Waals surface area (Å²) in [7, 11) is 0. The molecule has 0 bridgehead atoms. The summed E-state index contributed by atoms with van der Waals surface area (Å²) in [6.45, 7) is 0. The van der Waals surface area contributed by atoms with Crippen molar-refractivity contribution in [2.75, 3.05) is 0 Å². The summed E-state index contributed by atoms with van der Waals surface area (Å²) in [6.07, 6.45) is 6.66. The molecule has 1 N–H and O–H groups in total. The maximum Gasteiger partial charge on any atom is 0.246 e. The van der Waals surface area contributed by atoms with Crippen LogP contribution in [0.2, 0.25) is 0 Å². The first-order chi connectivity index (χ1) is 11.8. The Morgan fingerprint density at radius 3 is 2.83 bits per heavy atom. The lowest BCUT2D eigenvalue weighted by molar-refractivity contribution is -0.120. The van der Waals surface area contributed by atoms with Crippen molar-refractivity contribution in [2.45, 2.75) is 32.1 Å². The van der Waals surface area contributed by atoms with Crippen molar-refractivity contribution < 1.29 is 4.79 Å². The summed E-state index contributed by atoms with van der Waals surface area (Å²) in [4.78, 5) is 17.7. The summed E-state index contributed by atoms with van der Waals surface area (Å²) in [5.74, 6) is -0.0796. The van der Waals surface area contributed by atoms with Crippen LogP contribution in [0.25, 0.3) is 16.2 Å². The molecular weight excluding hydrogens is 320 g/mol. The minimum Gasteiger partial charge on any atom is -0.294 e. The van der Waals surface area contributed by atoms with Gasteiger partial charge in [-0.1, -0.05) is 30.3 Å². The fourth-order valence-corrected chi connectivity index (χ4v) is 3.82. The van der Waals surface area contributed by atoms with Gasteiger partial charge in [-0.05, 0) is 25.7 Å². The molecule has 5 nitrogen and oxygen atoms in total. The Hall–Kier alpha value is -2.47. The molecule has 1 aromatic carbocycles. The largest absolute Gasteiger partial charge is 0.294 e. The second-order valence-corrected chi connectivity index (χ2v) is 6.81. The quantitative estimate of drug-likeness (QED) is 0.738. The number of imidazole rings is 1. The van der Waals surface area contributed by atoms with E-state index in [-0.39, 0.29) is 5.91 Å². The number of carbonyl (C=O) groups excluding carboxylic acids is 1. The molecule has 0 saturated heterocycles. The maximum absolute atomic E-state index is 12.1. The van der Waals surface area contributed by atoms with Gasteiger partial charge in [-0.2, -0.15) is 5.10 Å². The first-order valence-corrected chi connectivity index (χ1v) is 9.03. The number of hydrogen-bond donors (Lipinski definition) is 1. The number of carbonyl (C=O) groups is 1. The van der Waals surface area contributed by atoms with Crippen LogP contribution in [0.4, 0.5) is 0 Å². The molecule has 6 heteroatoms. The van der Waals surface area contributed by atoms with Crippen molar-refractivity contribution in [3.8, 4) is 11.3 Å². The Kier molecular flexibility index (Phi) is 4.13. The standard InChI is InChI=1S/C18H18N4OS/c23-17(21-20-14-8-4-5-9-14)10-15-12-24-18-19-16(11-22(15)18)13-6-2-1-3-7-13/h1-3,6-7,11-12H,4-5,8-10H2,(H,21,23). The van der Waals surface area contributed by atoms with Crippen LogP contribution in [0.5, 0.6) is 0 Å². The van der Waals surface area contributed by atoms with Crippen LogP contribution >= 0.6 is 11.3 Å². The van der Waals surface area contributed by atoms with E-state index < -0.39 is 0 Å². The van der Waals surface area contributed by atoms with E-state index in [1.165, 1.54) is 12.8 Å². The van der Waals surface area contributed by atoms with Crippen LogP contribution in [0.3, 0.4) is 0 Å². The third-order valence-electron chi connectivity index (χ3n) is 4.21. The minimum absolute atomic E-state index is 0.0796. The van der Waals surface area contributed by atoms with Gasteiger partial charge in [-0.25, -0.2) is 10.4 Å². The second kappa shape index (κ2) is 6.57. The number of nitrogens with one attached hydrogen (secondary N) is 1. The highest BCUT2D eigenvalue weighted by molar-refractivity contribution is 7.15. The molecule has 1 aliphatic rings. The Balaban J connectivity index is 1.51. The Bertz CT molecular complexity index is 886. The van der Waals surface area contributed by atoms with Crippen LogP contribution in [0, 0.1) is 0 Å². The van der Waals surface area contributed by atoms with Gasteiger partial charge in [-0.15, -0.1) is 11.3 Å². The molecule has 3 aromatic rings. The van der Waals surface area contributed by atoms with Gasteiger partial charge in [0.1, 0.15) is 0 Å². The first kappa shape index (κ1) is 15.1. The van der Waals surface area contributed by atoms with Crippen molar-refractivity contribution in [1.29, 1.82) is 0 Å². The highest BCUT2D eigenvalue weighted by atomic mass is 32.1. The van der Waals surface area contributed by atoms with E-state index in [1.807, 2.05) is 46.3 Å². The van der Waals surface area contributed by atoms with E-state index in [4.69, 9.17) is 0 Å². The molecular formula is C18H18N4OS. The van der Waals surface area contributed by atoms with Gasteiger partial charge in [0.05, 0.1) is 12.1 Å². The fraction of sp³-hybridized carbons (Fsp3) is 0.278. The summed E-state index contributed by atoms with van der Waals surface area (Å²) in [5, 5.41) is 6.22. The third kappa shape index (κ3) is 3.10. The Labute approximate surface area is 144 Å². The zero-order valence-electron chi connectivity index (χ0n) is 13.2. The van der Waals surface area contributed by atoms with E-state index in [0.29, 0.717) is 6.42 Å². The van der Waals surface area contributed by atoms with Crippen LogP contribution in [0.1, 0.15) is 31.4 Å². The normalized spacial score (nSPS) is 14.2. The molecule has 1 saturated carbocycles. The zero-order chi connectivity index (χ0) is 16.4. The number of aromatic nitrogens is 2. The van der Waals surface area contributed by atoms with Crippen molar-refractivity contribution in [2.24, 2.45) is 5.10 Å². The Morgan fingerprint density at radius 1 is 1.25 bits per heavy atom. The van der Waals surface area contributed by atoms with E-state index in [1.54, 1.807) is 11.3 Å². The molecule has 0 aliphatic heterocycles. The lowest BCUT2D eigenvalue weighted by Crippen LogP contribution is -2.21. The van der Waals surface area contributed by atoms with Crippen LogP contribution in [-0.4, -0.2) is 21.0 Å². The first-order valence-electron chi connectivity index (χ1n) is 8.15. The van der Waals surface area contributed by atoms with E-state index >= 15 is 0 Å². The molecule has 1 fully saturated rings. The fourth-order valence-electron chi connectivity index (χ4n) is 2.94. The number of amides is 1. The molecule has 1 amide bonds. The predicted molar refractivity (Wildman–Crippen MR) is 96.3 cm³/mol. The molecule has 2 heterocycles. The number of hydrogen-bond acceptors (Lipinski definition) is 4. The molecule has 24 heavy (non-hydrogen) atoms. The molecule has 122 valence electrons. The van der Waals surface area contributed by atoms with Gasteiger partial charge in [-0.3, -0.25) is 9.20 Å². The minimum atomic E-state index is -0.0796. The highest BCUT2D eigenvalue weighted by Gasteiger charge is 2.13. The van der Waals surface area contributed by atoms with Crippen molar-refractivity contribution in [1.82, 2.24) is 14.8 Å². The molecule has 0 spiro atoms. The van der Waals surface area contributed by atoms with Crippen molar-refractivity contribution >= 4 is 27.9 Å². The predicted octanol–water partition coefficient (Wildman–Crippen LogP) is 3.65. The summed E-state index contributed by atoms with van der Waals surface area (Å²) >= 11 is 1.55. The average Bonchev–Trinajstić information content (AvgIpc) is 3.32. The van der Waals surface area contributed by atoms with Gasteiger partial charge >= 0.3 is 0 Å². The van der Waals surface area contributed by atoms with Gasteiger partial charge in [0.15, 0.2) is 4.96 Å². The number of thiazole rings is 1. The van der Waals surface area contributed by atoms with Gasteiger partial charge in [0.25, 0.3) is 0 Å². The topological polar surface area (TPSA) is 58.8 Å². The summed E-state index contributed by atoms with van der Waals surface area (Å²) in [5.41, 5.74) is 6.74. The van der Waals surface area contributed by atoms with Crippen molar-refractivity contribution in [3.05, 3.63) is 47.6 Å². The van der Waals surface area contributed by atoms with E-state index in [2.05, 4.69) is 15.5 Å². The monoisotopic (exact) mass is 338 g/mol.